The SMILES string of the molecule is CC(NS(=O)(=O)c1ccc(Cl)cc1)C(=O)NCC1CNC1. The van der Waals surface area contributed by atoms with E-state index < -0.39 is 16.1 Å². The Kier molecular flexibility index (Phi) is 5.21. The Labute approximate surface area is 129 Å². The predicted molar refractivity (Wildman–Crippen MR) is 80.6 cm³/mol. The first-order valence-electron chi connectivity index (χ1n) is 6.65. The lowest BCUT2D eigenvalue weighted by atomic mass is 10.0. The minimum Gasteiger partial charge on any atom is -0.354 e. The molecule has 1 amide bonds. The third-order valence-electron chi connectivity index (χ3n) is 3.28. The summed E-state index contributed by atoms with van der Waals surface area (Å²) in [6.07, 6.45) is 0. The fourth-order valence-corrected chi connectivity index (χ4v) is 3.19. The number of carbonyl (C=O) groups is 1. The number of benzene rings is 1. The largest absolute Gasteiger partial charge is 0.354 e. The van der Waals surface area contributed by atoms with Crippen molar-refractivity contribution in [1.29, 1.82) is 0 Å². The summed E-state index contributed by atoms with van der Waals surface area (Å²) < 4.78 is 26.6. The fourth-order valence-electron chi connectivity index (χ4n) is 1.86. The molecule has 0 saturated carbocycles. The lowest BCUT2D eigenvalue weighted by Crippen LogP contribution is -2.51. The zero-order chi connectivity index (χ0) is 15.5. The molecule has 6 nitrogen and oxygen atoms in total. The van der Waals surface area contributed by atoms with Gasteiger partial charge in [-0.25, -0.2) is 8.42 Å². The molecule has 0 aromatic heterocycles. The van der Waals surface area contributed by atoms with Gasteiger partial charge in [0.1, 0.15) is 0 Å². The van der Waals surface area contributed by atoms with E-state index in [-0.39, 0.29) is 10.8 Å². The molecule has 1 unspecified atom stereocenters. The normalized spacial score (nSPS) is 17.0. The first-order chi connectivity index (χ1) is 9.88. The van der Waals surface area contributed by atoms with E-state index in [4.69, 9.17) is 11.6 Å². The summed E-state index contributed by atoms with van der Waals surface area (Å²) in [6, 6.07) is 4.94. The van der Waals surface area contributed by atoms with E-state index in [1.807, 2.05) is 0 Å². The van der Waals surface area contributed by atoms with Crippen LogP contribution in [-0.2, 0) is 14.8 Å². The smallest absolute Gasteiger partial charge is 0.241 e. The molecule has 0 radical (unpaired) electrons. The van der Waals surface area contributed by atoms with Crippen molar-refractivity contribution in [3.8, 4) is 0 Å². The molecule has 2 rings (SSSR count). The topological polar surface area (TPSA) is 87.3 Å². The number of nitrogens with one attached hydrogen (secondary N) is 3. The van der Waals surface area contributed by atoms with Crippen LogP contribution in [0.5, 0.6) is 0 Å². The van der Waals surface area contributed by atoms with Crippen LogP contribution < -0.4 is 15.4 Å². The summed E-state index contributed by atoms with van der Waals surface area (Å²) in [4.78, 5) is 11.9. The summed E-state index contributed by atoms with van der Waals surface area (Å²) in [5, 5.41) is 6.30. The lowest BCUT2D eigenvalue weighted by molar-refractivity contribution is -0.122. The van der Waals surface area contributed by atoms with Crippen LogP contribution in [0, 0.1) is 5.92 Å². The third kappa shape index (κ3) is 4.41. The molecule has 1 atom stereocenters. The number of rotatable bonds is 6. The van der Waals surface area contributed by atoms with Gasteiger partial charge in [0, 0.05) is 30.6 Å². The second-order valence-electron chi connectivity index (χ2n) is 5.07. The molecule has 1 aromatic rings. The van der Waals surface area contributed by atoms with Gasteiger partial charge < -0.3 is 10.6 Å². The van der Waals surface area contributed by atoms with Crippen LogP contribution in [-0.4, -0.2) is 40.0 Å². The number of carbonyl (C=O) groups excluding carboxylic acids is 1. The number of hydrogen-bond acceptors (Lipinski definition) is 4. The number of amides is 1. The molecule has 1 heterocycles. The van der Waals surface area contributed by atoms with Gasteiger partial charge in [-0.15, -0.1) is 0 Å². The van der Waals surface area contributed by atoms with Gasteiger partial charge in [0.2, 0.25) is 15.9 Å². The summed E-state index contributed by atoms with van der Waals surface area (Å²) >= 11 is 5.72. The van der Waals surface area contributed by atoms with Gasteiger partial charge in [-0.3, -0.25) is 4.79 Å². The Balaban J connectivity index is 1.91. The van der Waals surface area contributed by atoms with Crippen LogP contribution in [0.2, 0.25) is 5.02 Å². The molecule has 1 aliphatic heterocycles. The van der Waals surface area contributed by atoms with Crippen molar-refractivity contribution in [3.63, 3.8) is 0 Å². The highest BCUT2D eigenvalue weighted by atomic mass is 35.5. The van der Waals surface area contributed by atoms with Gasteiger partial charge in [0.25, 0.3) is 0 Å². The Bertz CT molecular complexity index is 600. The Hall–Kier alpha value is -1.15. The predicted octanol–water partition coefficient (Wildman–Crippen LogP) is 0.342. The molecule has 1 saturated heterocycles. The second-order valence-corrected chi connectivity index (χ2v) is 7.22. The molecule has 1 fully saturated rings. The van der Waals surface area contributed by atoms with Crippen LogP contribution in [0.15, 0.2) is 29.2 Å². The molecule has 8 heteroatoms. The quantitative estimate of drug-likeness (QED) is 0.701. The third-order valence-corrected chi connectivity index (χ3v) is 5.09. The highest BCUT2D eigenvalue weighted by Gasteiger charge is 2.23. The monoisotopic (exact) mass is 331 g/mol. The van der Waals surface area contributed by atoms with E-state index >= 15 is 0 Å². The summed E-state index contributed by atoms with van der Waals surface area (Å²) in [5.41, 5.74) is 0. The van der Waals surface area contributed by atoms with E-state index in [1.54, 1.807) is 0 Å². The Morgan fingerprint density at radius 2 is 2.00 bits per heavy atom. The molecule has 3 N–H and O–H groups in total. The van der Waals surface area contributed by atoms with Crippen molar-refractivity contribution >= 4 is 27.5 Å². The van der Waals surface area contributed by atoms with Crippen molar-refractivity contribution in [3.05, 3.63) is 29.3 Å². The standard InChI is InChI=1S/C13H18ClN3O3S/c1-9(13(18)16-8-10-6-15-7-10)17-21(19,20)12-4-2-11(14)3-5-12/h2-5,9-10,15,17H,6-8H2,1H3,(H,16,18). The average Bonchev–Trinajstić information content (AvgIpc) is 2.36. The minimum atomic E-state index is -3.73. The number of halogens is 1. The maximum absolute atomic E-state index is 12.1. The van der Waals surface area contributed by atoms with E-state index in [2.05, 4.69) is 15.4 Å². The van der Waals surface area contributed by atoms with E-state index in [1.165, 1.54) is 31.2 Å². The molecule has 0 aliphatic carbocycles. The Morgan fingerprint density at radius 1 is 1.38 bits per heavy atom. The highest BCUT2D eigenvalue weighted by molar-refractivity contribution is 7.89. The minimum absolute atomic E-state index is 0.0785. The maximum atomic E-state index is 12.1. The molecule has 1 aliphatic rings. The fraction of sp³-hybridized carbons (Fsp3) is 0.462. The van der Waals surface area contributed by atoms with Crippen LogP contribution in [0.3, 0.4) is 0 Å². The van der Waals surface area contributed by atoms with Gasteiger partial charge in [0.15, 0.2) is 0 Å². The first kappa shape index (κ1) is 16.2. The van der Waals surface area contributed by atoms with E-state index in [0.29, 0.717) is 17.5 Å². The first-order valence-corrected chi connectivity index (χ1v) is 8.51. The zero-order valence-corrected chi connectivity index (χ0v) is 13.2. The highest BCUT2D eigenvalue weighted by Crippen LogP contribution is 2.14. The summed E-state index contributed by atoms with van der Waals surface area (Å²) in [5.74, 6) is 0.0912. The van der Waals surface area contributed by atoms with E-state index in [0.717, 1.165) is 13.1 Å². The van der Waals surface area contributed by atoms with Gasteiger partial charge in [-0.05, 0) is 31.2 Å². The van der Waals surface area contributed by atoms with E-state index in [9.17, 15) is 13.2 Å². The summed E-state index contributed by atoms with van der Waals surface area (Å²) in [6.45, 7) is 3.83. The molecule has 0 bridgehead atoms. The van der Waals surface area contributed by atoms with Gasteiger partial charge in [0.05, 0.1) is 10.9 Å². The average molecular weight is 332 g/mol. The molecule has 0 spiro atoms. The van der Waals surface area contributed by atoms with Crippen molar-refractivity contribution in [1.82, 2.24) is 15.4 Å². The Morgan fingerprint density at radius 3 is 2.52 bits per heavy atom. The van der Waals surface area contributed by atoms with Crippen LogP contribution >= 0.6 is 11.6 Å². The second kappa shape index (κ2) is 6.74. The van der Waals surface area contributed by atoms with Gasteiger partial charge >= 0.3 is 0 Å². The van der Waals surface area contributed by atoms with Crippen molar-refractivity contribution in [2.45, 2.75) is 17.9 Å². The summed E-state index contributed by atoms with van der Waals surface area (Å²) in [7, 11) is -3.73. The zero-order valence-electron chi connectivity index (χ0n) is 11.6. The van der Waals surface area contributed by atoms with Gasteiger partial charge in [-0.2, -0.15) is 4.72 Å². The number of hydrogen-bond donors (Lipinski definition) is 3. The molecule has 1 aromatic carbocycles. The van der Waals surface area contributed by atoms with Crippen LogP contribution in [0.1, 0.15) is 6.92 Å². The molecular formula is C13H18ClN3O3S. The van der Waals surface area contributed by atoms with Crippen molar-refractivity contribution in [2.75, 3.05) is 19.6 Å². The van der Waals surface area contributed by atoms with Gasteiger partial charge in [-0.1, -0.05) is 11.6 Å². The molecule has 21 heavy (non-hydrogen) atoms. The maximum Gasteiger partial charge on any atom is 0.241 e. The van der Waals surface area contributed by atoms with Crippen molar-refractivity contribution in [2.24, 2.45) is 5.92 Å². The van der Waals surface area contributed by atoms with Crippen LogP contribution in [0.25, 0.3) is 0 Å². The molecule has 116 valence electrons. The lowest BCUT2D eigenvalue weighted by Gasteiger charge is -2.27. The van der Waals surface area contributed by atoms with Crippen molar-refractivity contribution < 1.29 is 13.2 Å². The number of sulfonamides is 1. The molecular weight excluding hydrogens is 314 g/mol. The van der Waals surface area contributed by atoms with Crippen LogP contribution in [0.4, 0.5) is 0 Å².